The predicted octanol–water partition coefficient (Wildman–Crippen LogP) is 3.94. The van der Waals surface area contributed by atoms with Crippen LogP contribution in [0, 0.1) is 10.8 Å². The lowest BCUT2D eigenvalue weighted by molar-refractivity contribution is -0.157. The van der Waals surface area contributed by atoms with E-state index >= 15 is 0 Å². The summed E-state index contributed by atoms with van der Waals surface area (Å²) < 4.78 is 5.33. The summed E-state index contributed by atoms with van der Waals surface area (Å²) in [5, 5.41) is -0.443. The van der Waals surface area contributed by atoms with E-state index in [4.69, 9.17) is 16.3 Å². The van der Waals surface area contributed by atoms with Crippen LogP contribution in [0.3, 0.4) is 0 Å². The SMILES string of the molecule is CC(C)(CC(C)(C)C(=O)OCc1ccccc1)C(=O)Cl. The Balaban J connectivity index is 2.63. The van der Waals surface area contributed by atoms with Crippen LogP contribution < -0.4 is 0 Å². The smallest absolute Gasteiger partial charge is 0.311 e. The van der Waals surface area contributed by atoms with Crippen LogP contribution >= 0.6 is 11.6 Å². The van der Waals surface area contributed by atoms with Gasteiger partial charge in [-0.1, -0.05) is 44.2 Å². The van der Waals surface area contributed by atoms with Gasteiger partial charge >= 0.3 is 5.97 Å². The number of benzene rings is 1. The number of esters is 1. The monoisotopic (exact) mass is 296 g/mol. The first-order valence-electron chi connectivity index (χ1n) is 6.56. The van der Waals surface area contributed by atoms with Gasteiger partial charge in [-0.25, -0.2) is 0 Å². The minimum absolute atomic E-state index is 0.234. The van der Waals surface area contributed by atoms with E-state index in [-0.39, 0.29) is 12.6 Å². The van der Waals surface area contributed by atoms with E-state index in [2.05, 4.69) is 0 Å². The Kier molecular flexibility index (Phi) is 5.35. The molecule has 4 heteroatoms. The van der Waals surface area contributed by atoms with Crippen molar-refractivity contribution in [3.8, 4) is 0 Å². The van der Waals surface area contributed by atoms with Gasteiger partial charge in [0.2, 0.25) is 5.24 Å². The molecule has 0 saturated heterocycles. The van der Waals surface area contributed by atoms with Gasteiger partial charge in [-0.3, -0.25) is 9.59 Å². The van der Waals surface area contributed by atoms with Crippen molar-refractivity contribution in [2.45, 2.75) is 40.7 Å². The molecule has 0 radical (unpaired) electrons. The minimum atomic E-state index is -0.761. The normalized spacial score (nSPS) is 12.1. The molecule has 1 rings (SSSR count). The fraction of sp³-hybridized carbons (Fsp3) is 0.500. The van der Waals surface area contributed by atoms with Crippen LogP contribution in [0.25, 0.3) is 0 Å². The van der Waals surface area contributed by atoms with E-state index in [1.807, 2.05) is 30.3 Å². The molecule has 0 aliphatic rings. The Hall–Kier alpha value is -1.35. The molecule has 0 atom stereocenters. The summed E-state index contributed by atoms with van der Waals surface area (Å²) in [5.74, 6) is -0.327. The van der Waals surface area contributed by atoms with Crippen LogP contribution in [0.4, 0.5) is 0 Å². The van der Waals surface area contributed by atoms with Gasteiger partial charge in [0.25, 0.3) is 0 Å². The van der Waals surface area contributed by atoms with Crippen molar-refractivity contribution in [1.29, 1.82) is 0 Å². The van der Waals surface area contributed by atoms with E-state index in [1.54, 1.807) is 27.7 Å². The zero-order chi connectivity index (χ0) is 15.4. The highest BCUT2D eigenvalue weighted by Crippen LogP contribution is 2.36. The average Bonchev–Trinajstić information content (AvgIpc) is 2.35. The van der Waals surface area contributed by atoms with Gasteiger partial charge in [-0.2, -0.15) is 0 Å². The molecule has 0 N–H and O–H groups in total. The second-order valence-electron chi connectivity index (χ2n) is 6.28. The van der Waals surface area contributed by atoms with Crippen LogP contribution in [0.15, 0.2) is 30.3 Å². The standard InChI is InChI=1S/C16H21ClO3/c1-15(2,13(17)18)11-16(3,4)14(19)20-10-12-8-6-5-7-9-12/h5-9H,10-11H2,1-4H3. The lowest BCUT2D eigenvalue weighted by atomic mass is 9.76. The number of carbonyl (C=O) groups is 2. The van der Waals surface area contributed by atoms with E-state index in [0.717, 1.165) is 5.56 Å². The van der Waals surface area contributed by atoms with Crippen molar-refractivity contribution in [2.24, 2.45) is 10.8 Å². The average molecular weight is 297 g/mol. The number of carbonyl (C=O) groups excluding carboxylic acids is 2. The molecule has 0 saturated carbocycles. The summed E-state index contributed by atoms with van der Waals surface area (Å²) in [7, 11) is 0. The van der Waals surface area contributed by atoms with E-state index < -0.39 is 16.1 Å². The molecule has 0 fully saturated rings. The zero-order valence-corrected chi connectivity index (χ0v) is 13.2. The number of ether oxygens (including phenoxy) is 1. The van der Waals surface area contributed by atoms with Crippen molar-refractivity contribution >= 4 is 22.8 Å². The van der Waals surface area contributed by atoms with Crippen molar-refractivity contribution in [1.82, 2.24) is 0 Å². The molecule has 1 aromatic rings. The van der Waals surface area contributed by atoms with Crippen LogP contribution in [-0.2, 0) is 20.9 Å². The molecule has 0 aliphatic carbocycles. The minimum Gasteiger partial charge on any atom is -0.460 e. The third-order valence-electron chi connectivity index (χ3n) is 3.18. The van der Waals surface area contributed by atoms with Gasteiger partial charge in [0.1, 0.15) is 6.61 Å². The highest BCUT2D eigenvalue weighted by molar-refractivity contribution is 6.64. The maximum atomic E-state index is 12.2. The third kappa shape index (κ3) is 4.64. The van der Waals surface area contributed by atoms with Crippen LogP contribution in [0.5, 0.6) is 0 Å². The Bertz CT molecular complexity index is 478. The van der Waals surface area contributed by atoms with Crippen molar-refractivity contribution in [2.75, 3.05) is 0 Å². The molecule has 1 aromatic carbocycles. The molecule has 0 aliphatic heterocycles. The van der Waals surface area contributed by atoms with E-state index in [1.165, 1.54) is 0 Å². The first-order chi connectivity index (χ1) is 9.15. The Morgan fingerprint density at radius 3 is 2.10 bits per heavy atom. The Morgan fingerprint density at radius 1 is 1.05 bits per heavy atom. The van der Waals surface area contributed by atoms with Gasteiger partial charge in [0.05, 0.1) is 5.41 Å². The molecule has 0 bridgehead atoms. The van der Waals surface area contributed by atoms with Gasteiger partial charge < -0.3 is 4.74 Å². The van der Waals surface area contributed by atoms with Gasteiger partial charge in [0.15, 0.2) is 0 Å². The van der Waals surface area contributed by atoms with Gasteiger partial charge in [0, 0.05) is 5.41 Å². The molecule has 0 aromatic heterocycles. The predicted molar refractivity (Wildman–Crippen MR) is 79.3 cm³/mol. The van der Waals surface area contributed by atoms with Crippen LogP contribution in [-0.4, -0.2) is 11.2 Å². The van der Waals surface area contributed by atoms with Crippen molar-refractivity contribution in [3.05, 3.63) is 35.9 Å². The van der Waals surface area contributed by atoms with Gasteiger partial charge in [-0.05, 0) is 37.4 Å². The molecule has 110 valence electrons. The van der Waals surface area contributed by atoms with E-state index in [9.17, 15) is 9.59 Å². The summed E-state index contributed by atoms with van der Waals surface area (Å²) in [6.45, 7) is 7.23. The zero-order valence-electron chi connectivity index (χ0n) is 12.4. The highest BCUT2D eigenvalue weighted by Gasteiger charge is 2.39. The fourth-order valence-electron chi connectivity index (χ4n) is 2.16. The number of hydrogen-bond donors (Lipinski definition) is 0. The fourth-order valence-corrected chi connectivity index (χ4v) is 2.23. The van der Waals surface area contributed by atoms with Crippen LogP contribution in [0.1, 0.15) is 39.7 Å². The first kappa shape index (κ1) is 16.7. The number of hydrogen-bond acceptors (Lipinski definition) is 3. The van der Waals surface area contributed by atoms with Crippen molar-refractivity contribution in [3.63, 3.8) is 0 Å². The Morgan fingerprint density at radius 2 is 1.60 bits per heavy atom. The Labute approximate surface area is 125 Å². The molecule has 0 amide bonds. The lowest BCUT2D eigenvalue weighted by Crippen LogP contribution is -2.34. The number of rotatable bonds is 6. The second kappa shape index (κ2) is 6.40. The van der Waals surface area contributed by atoms with Crippen molar-refractivity contribution < 1.29 is 14.3 Å². The third-order valence-corrected chi connectivity index (χ3v) is 3.69. The summed E-state index contributed by atoms with van der Waals surface area (Å²) in [4.78, 5) is 23.5. The summed E-state index contributed by atoms with van der Waals surface area (Å²) in [6.07, 6.45) is 0.343. The van der Waals surface area contributed by atoms with E-state index in [0.29, 0.717) is 6.42 Å². The molecule has 20 heavy (non-hydrogen) atoms. The molecular weight excluding hydrogens is 276 g/mol. The summed E-state index contributed by atoms with van der Waals surface area (Å²) in [5.41, 5.74) is -0.580. The topological polar surface area (TPSA) is 43.4 Å². The number of halogens is 1. The first-order valence-corrected chi connectivity index (χ1v) is 6.94. The maximum Gasteiger partial charge on any atom is 0.311 e. The maximum absolute atomic E-state index is 12.2. The molecule has 0 spiro atoms. The lowest BCUT2D eigenvalue weighted by Gasteiger charge is -2.30. The second-order valence-corrected chi connectivity index (χ2v) is 6.62. The van der Waals surface area contributed by atoms with Crippen LogP contribution in [0.2, 0.25) is 0 Å². The molecule has 0 heterocycles. The largest absolute Gasteiger partial charge is 0.460 e. The molecule has 3 nitrogen and oxygen atoms in total. The molecular formula is C16H21ClO3. The highest BCUT2D eigenvalue weighted by atomic mass is 35.5. The summed E-state index contributed by atoms with van der Waals surface area (Å²) >= 11 is 5.56. The molecule has 0 unspecified atom stereocenters. The quantitative estimate of drug-likeness (QED) is 0.590. The summed E-state index contributed by atoms with van der Waals surface area (Å²) in [6, 6.07) is 9.48. The van der Waals surface area contributed by atoms with Gasteiger partial charge in [-0.15, -0.1) is 0 Å².